The number of ether oxygens (including phenoxy) is 1. The number of para-hydroxylation sites is 1. The Morgan fingerprint density at radius 3 is 2.65 bits per heavy atom. The van der Waals surface area contributed by atoms with Crippen LogP contribution in [0.1, 0.15) is 18.9 Å². The Bertz CT molecular complexity index is 588. The first-order valence-corrected chi connectivity index (χ1v) is 7.73. The summed E-state index contributed by atoms with van der Waals surface area (Å²) in [6.45, 7) is 2.07. The van der Waals surface area contributed by atoms with E-state index in [1.165, 1.54) is 0 Å². The van der Waals surface area contributed by atoms with Gasteiger partial charge in [0.15, 0.2) is 0 Å². The molecule has 1 atom stereocenters. The predicted molar refractivity (Wildman–Crippen MR) is 87.6 cm³/mol. The lowest BCUT2D eigenvalue weighted by atomic mass is 10.0. The van der Waals surface area contributed by atoms with E-state index in [1.807, 2.05) is 42.5 Å². The molecule has 2 aromatic rings. The maximum absolute atomic E-state index is 6.07. The summed E-state index contributed by atoms with van der Waals surface area (Å²) in [6, 6.07) is 13.5. The Balaban J connectivity index is 2.29. The van der Waals surface area contributed by atoms with Gasteiger partial charge in [-0.1, -0.05) is 30.7 Å². The number of rotatable bonds is 5. The minimum atomic E-state index is 0.107. The number of halogens is 2. The van der Waals surface area contributed by atoms with Gasteiger partial charge < -0.3 is 10.5 Å². The van der Waals surface area contributed by atoms with E-state index >= 15 is 0 Å². The average molecular weight is 355 g/mol. The van der Waals surface area contributed by atoms with Crippen LogP contribution in [0.5, 0.6) is 11.5 Å². The van der Waals surface area contributed by atoms with Crippen LogP contribution in [0, 0.1) is 0 Å². The highest BCUT2D eigenvalue weighted by Gasteiger charge is 2.11. The Labute approximate surface area is 133 Å². The highest BCUT2D eigenvalue weighted by molar-refractivity contribution is 9.10. The van der Waals surface area contributed by atoms with Crippen LogP contribution >= 0.6 is 27.5 Å². The number of nitrogens with two attached hydrogens (primary N) is 1. The summed E-state index contributed by atoms with van der Waals surface area (Å²) in [4.78, 5) is 0. The van der Waals surface area contributed by atoms with Gasteiger partial charge in [0.25, 0.3) is 0 Å². The summed E-state index contributed by atoms with van der Waals surface area (Å²) in [7, 11) is 0. The molecular weight excluding hydrogens is 338 g/mol. The van der Waals surface area contributed by atoms with Crippen LogP contribution in [0.4, 0.5) is 0 Å². The van der Waals surface area contributed by atoms with Crippen molar-refractivity contribution < 1.29 is 4.74 Å². The van der Waals surface area contributed by atoms with Gasteiger partial charge in [0.1, 0.15) is 11.5 Å². The van der Waals surface area contributed by atoms with Gasteiger partial charge in [0, 0.05) is 11.1 Å². The second-order valence-corrected chi connectivity index (χ2v) is 5.95. The zero-order valence-electron chi connectivity index (χ0n) is 11.3. The lowest BCUT2D eigenvalue weighted by Gasteiger charge is -2.15. The number of hydrogen-bond donors (Lipinski definition) is 1. The summed E-state index contributed by atoms with van der Waals surface area (Å²) in [5.74, 6) is 1.58. The van der Waals surface area contributed by atoms with Crippen LogP contribution in [-0.4, -0.2) is 6.04 Å². The van der Waals surface area contributed by atoms with Crippen LogP contribution in [-0.2, 0) is 6.42 Å². The minimum Gasteiger partial charge on any atom is -0.456 e. The smallest absolute Gasteiger partial charge is 0.141 e. The first-order valence-electron chi connectivity index (χ1n) is 6.56. The Kier molecular flexibility index (Phi) is 5.46. The number of benzene rings is 2. The van der Waals surface area contributed by atoms with Crippen molar-refractivity contribution in [2.24, 2.45) is 5.73 Å². The van der Waals surface area contributed by atoms with Gasteiger partial charge in [-0.15, -0.1) is 0 Å². The Morgan fingerprint density at radius 1 is 1.20 bits per heavy atom. The molecule has 0 fully saturated rings. The highest BCUT2D eigenvalue weighted by atomic mass is 79.9. The van der Waals surface area contributed by atoms with Crippen molar-refractivity contribution in [3.05, 3.63) is 57.5 Å². The molecule has 20 heavy (non-hydrogen) atoms. The molecule has 0 aliphatic heterocycles. The van der Waals surface area contributed by atoms with Gasteiger partial charge >= 0.3 is 0 Å². The summed E-state index contributed by atoms with van der Waals surface area (Å²) >= 11 is 9.55. The molecule has 0 saturated carbocycles. The first-order chi connectivity index (χ1) is 9.60. The topological polar surface area (TPSA) is 35.2 Å². The second kappa shape index (κ2) is 7.11. The Morgan fingerprint density at radius 2 is 1.95 bits per heavy atom. The molecule has 0 spiro atoms. The standard InChI is InChI=1S/C16H17BrClNO/c1-2-13(19)10-11-9-12(18)7-8-15(11)20-16-6-4-3-5-14(16)17/h3-9,13H,2,10,19H2,1H3. The maximum Gasteiger partial charge on any atom is 0.141 e. The summed E-state index contributed by atoms with van der Waals surface area (Å²) < 4.78 is 6.90. The fourth-order valence-corrected chi connectivity index (χ4v) is 2.44. The van der Waals surface area contributed by atoms with E-state index in [4.69, 9.17) is 22.1 Å². The molecule has 0 aliphatic carbocycles. The lowest BCUT2D eigenvalue weighted by Crippen LogP contribution is -2.21. The van der Waals surface area contributed by atoms with Crippen molar-refractivity contribution >= 4 is 27.5 Å². The summed E-state index contributed by atoms with van der Waals surface area (Å²) in [6.07, 6.45) is 1.66. The van der Waals surface area contributed by atoms with Gasteiger partial charge in [-0.2, -0.15) is 0 Å². The molecule has 0 saturated heterocycles. The largest absolute Gasteiger partial charge is 0.456 e. The monoisotopic (exact) mass is 353 g/mol. The van der Waals surface area contributed by atoms with Crippen LogP contribution < -0.4 is 10.5 Å². The lowest BCUT2D eigenvalue weighted by molar-refractivity contribution is 0.469. The van der Waals surface area contributed by atoms with Gasteiger partial charge in [-0.25, -0.2) is 0 Å². The fraction of sp³-hybridized carbons (Fsp3) is 0.250. The van der Waals surface area contributed by atoms with E-state index in [9.17, 15) is 0 Å². The van der Waals surface area contributed by atoms with E-state index in [1.54, 1.807) is 0 Å². The van der Waals surface area contributed by atoms with Crippen molar-refractivity contribution in [2.75, 3.05) is 0 Å². The van der Waals surface area contributed by atoms with E-state index in [-0.39, 0.29) is 6.04 Å². The van der Waals surface area contributed by atoms with Gasteiger partial charge in [-0.05, 0) is 64.7 Å². The molecular formula is C16H17BrClNO. The normalized spacial score (nSPS) is 12.2. The maximum atomic E-state index is 6.07. The third-order valence-corrected chi connectivity index (χ3v) is 3.98. The molecule has 1 unspecified atom stereocenters. The zero-order chi connectivity index (χ0) is 14.5. The van der Waals surface area contributed by atoms with Crippen molar-refractivity contribution in [1.82, 2.24) is 0 Å². The molecule has 0 heterocycles. The summed E-state index contributed by atoms with van der Waals surface area (Å²) in [5.41, 5.74) is 7.07. The SMILES string of the molecule is CCC(N)Cc1cc(Cl)ccc1Oc1ccccc1Br. The first kappa shape index (κ1) is 15.4. The molecule has 2 aromatic carbocycles. The molecule has 4 heteroatoms. The summed E-state index contributed by atoms with van der Waals surface area (Å²) in [5, 5.41) is 0.697. The van der Waals surface area contributed by atoms with Gasteiger partial charge in [0.2, 0.25) is 0 Å². The highest BCUT2D eigenvalue weighted by Crippen LogP contribution is 2.33. The van der Waals surface area contributed by atoms with Gasteiger partial charge in [-0.3, -0.25) is 0 Å². The average Bonchev–Trinajstić information content (AvgIpc) is 2.44. The molecule has 2 nitrogen and oxygen atoms in total. The van der Waals surface area contributed by atoms with Crippen LogP contribution in [0.25, 0.3) is 0 Å². The quantitative estimate of drug-likeness (QED) is 0.803. The zero-order valence-corrected chi connectivity index (χ0v) is 13.6. The van der Waals surface area contributed by atoms with E-state index in [0.717, 1.165) is 34.4 Å². The molecule has 0 bridgehead atoms. The van der Waals surface area contributed by atoms with Gasteiger partial charge in [0.05, 0.1) is 4.47 Å². The molecule has 0 aromatic heterocycles. The molecule has 0 radical (unpaired) electrons. The van der Waals surface area contributed by atoms with Crippen LogP contribution in [0.15, 0.2) is 46.9 Å². The van der Waals surface area contributed by atoms with Crippen molar-refractivity contribution in [3.63, 3.8) is 0 Å². The van der Waals surface area contributed by atoms with E-state index in [2.05, 4.69) is 22.9 Å². The molecule has 0 amide bonds. The number of hydrogen-bond acceptors (Lipinski definition) is 2. The van der Waals surface area contributed by atoms with E-state index < -0.39 is 0 Å². The van der Waals surface area contributed by atoms with Crippen molar-refractivity contribution in [3.8, 4) is 11.5 Å². The third-order valence-electron chi connectivity index (χ3n) is 3.09. The Hall–Kier alpha value is -1.03. The van der Waals surface area contributed by atoms with Crippen LogP contribution in [0.3, 0.4) is 0 Å². The molecule has 2 rings (SSSR count). The molecule has 106 valence electrons. The molecule has 2 N–H and O–H groups in total. The minimum absolute atomic E-state index is 0.107. The van der Waals surface area contributed by atoms with E-state index in [0.29, 0.717) is 5.02 Å². The fourth-order valence-electron chi connectivity index (χ4n) is 1.88. The van der Waals surface area contributed by atoms with Crippen LogP contribution in [0.2, 0.25) is 5.02 Å². The predicted octanol–water partition coefficient (Wildman–Crippen LogP) is 5.17. The molecule has 0 aliphatic rings. The third kappa shape index (κ3) is 3.98. The second-order valence-electron chi connectivity index (χ2n) is 4.66. The van der Waals surface area contributed by atoms with Crippen molar-refractivity contribution in [1.29, 1.82) is 0 Å². The van der Waals surface area contributed by atoms with Crippen molar-refractivity contribution in [2.45, 2.75) is 25.8 Å².